The second kappa shape index (κ2) is 6.17. The van der Waals surface area contributed by atoms with E-state index >= 15 is 0 Å². The molecule has 1 rings (SSSR count). The topological polar surface area (TPSA) is 23.5 Å². The van der Waals surface area contributed by atoms with Crippen molar-refractivity contribution in [1.82, 2.24) is 4.90 Å². The van der Waals surface area contributed by atoms with E-state index in [4.69, 9.17) is 12.2 Å². The van der Waals surface area contributed by atoms with E-state index in [0.29, 0.717) is 5.75 Å². The van der Waals surface area contributed by atoms with Gasteiger partial charge in [-0.1, -0.05) is 65.5 Å². The fraction of sp³-hybridized carbons (Fsp3) is 0.588. The molecule has 2 nitrogen and oxygen atoms in total. The van der Waals surface area contributed by atoms with Gasteiger partial charge < -0.3 is 10.0 Å². The summed E-state index contributed by atoms with van der Waals surface area (Å²) in [5, 5.41) is 10.7. The first-order valence-electron chi connectivity index (χ1n) is 7.11. The van der Waals surface area contributed by atoms with E-state index in [1.54, 1.807) is 11.8 Å². The molecule has 0 spiro atoms. The van der Waals surface area contributed by atoms with Crippen LogP contribution in [-0.4, -0.2) is 28.4 Å². The third kappa shape index (κ3) is 4.62. The number of hydrogen-bond donors (Lipinski definition) is 1. The molecule has 0 aliphatic heterocycles. The fourth-order valence-electron chi connectivity index (χ4n) is 2.00. The minimum Gasteiger partial charge on any atom is -0.507 e. The van der Waals surface area contributed by atoms with E-state index < -0.39 is 0 Å². The van der Waals surface area contributed by atoms with Gasteiger partial charge in [0, 0.05) is 30.1 Å². The average Bonchev–Trinajstić information content (AvgIpc) is 2.27. The molecule has 4 heteroatoms. The van der Waals surface area contributed by atoms with E-state index in [2.05, 4.69) is 53.7 Å². The van der Waals surface area contributed by atoms with Crippen LogP contribution in [0.25, 0.3) is 0 Å². The molecule has 0 heterocycles. The van der Waals surface area contributed by atoms with Crippen molar-refractivity contribution >= 4 is 28.3 Å². The van der Waals surface area contributed by atoms with Crippen LogP contribution in [-0.2, 0) is 10.8 Å². The molecule has 0 unspecified atom stereocenters. The molecule has 0 aliphatic rings. The molecule has 0 atom stereocenters. The van der Waals surface area contributed by atoms with Crippen LogP contribution in [0.3, 0.4) is 0 Å². The summed E-state index contributed by atoms with van der Waals surface area (Å²) in [5.74, 6) is 0.412. The zero-order valence-electron chi connectivity index (χ0n) is 14.4. The van der Waals surface area contributed by atoms with Gasteiger partial charge in [0.1, 0.15) is 10.1 Å². The minimum absolute atomic E-state index is 0.111. The molecule has 0 saturated carbocycles. The summed E-state index contributed by atoms with van der Waals surface area (Å²) < 4.78 is 0.820. The Morgan fingerprint density at radius 2 is 1.38 bits per heavy atom. The molecule has 118 valence electrons. The van der Waals surface area contributed by atoms with Crippen LogP contribution < -0.4 is 0 Å². The third-order valence-electron chi connectivity index (χ3n) is 3.27. The number of thioether (sulfide) groups is 1. The summed E-state index contributed by atoms with van der Waals surface area (Å²) >= 11 is 6.96. The van der Waals surface area contributed by atoms with E-state index in [1.165, 1.54) is 0 Å². The Hall–Kier alpha value is -0.740. The van der Waals surface area contributed by atoms with Crippen molar-refractivity contribution in [3.05, 3.63) is 23.3 Å². The smallest absolute Gasteiger partial charge is 0.140 e. The molecule has 0 amide bonds. The molecular weight excluding hydrogens is 298 g/mol. The van der Waals surface area contributed by atoms with Gasteiger partial charge in [-0.2, -0.15) is 0 Å². The molecule has 21 heavy (non-hydrogen) atoms. The summed E-state index contributed by atoms with van der Waals surface area (Å²) in [5.41, 5.74) is 1.72. The van der Waals surface area contributed by atoms with Gasteiger partial charge in [0.15, 0.2) is 0 Å². The Morgan fingerprint density at radius 1 is 1.00 bits per heavy atom. The Kier molecular flexibility index (Phi) is 5.38. The number of thiocarbonyl (C=S) groups is 1. The molecule has 0 aliphatic carbocycles. The molecule has 0 bridgehead atoms. The molecule has 0 radical (unpaired) electrons. The molecule has 0 saturated heterocycles. The highest BCUT2D eigenvalue weighted by molar-refractivity contribution is 8.22. The van der Waals surface area contributed by atoms with Crippen molar-refractivity contribution in [3.63, 3.8) is 0 Å². The van der Waals surface area contributed by atoms with Crippen molar-refractivity contribution in [2.24, 2.45) is 0 Å². The van der Waals surface area contributed by atoms with Crippen molar-refractivity contribution in [2.45, 2.75) is 57.3 Å². The number of nitrogens with zero attached hydrogens (tertiary/aromatic N) is 1. The second-order valence-electron chi connectivity index (χ2n) is 7.63. The van der Waals surface area contributed by atoms with Gasteiger partial charge in [0.05, 0.1) is 0 Å². The highest BCUT2D eigenvalue weighted by Crippen LogP contribution is 2.41. The lowest BCUT2D eigenvalue weighted by molar-refractivity contribution is 0.422. The molecule has 1 aromatic carbocycles. The first kappa shape index (κ1) is 18.3. The summed E-state index contributed by atoms with van der Waals surface area (Å²) in [4.78, 5) is 3.02. The van der Waals surface area contributed by atoms with Crippen LogP contribution >= 0.6 is 24.0 Å². The minimum atomic E-state index is -0.111. The van der Waals surface area contributed by atoms with Gasteiger partial charge in [-0.15, -0.1) is 0 Å². The highest BCUT2D eigenvalue weighted by Gasteiger charge is 2.26. The van der Waals surface area contributed by atoms with Crippen LogP contribution in [0.4, 0.5) is 0 Å². The lowest BCUT2D eigenvalue weighted by Crippen LogP contribution is -2.18. The number of rotatable bonds is 1. The van der Waals surface area contributed by atoms with Crippen molar-refractivity contribution in [3.8, 4) is 5.75 Å². The predicted molar refractivity (Wildman–Crippen MR) is 97.6 cm³/mol. The Morgan fingerprint density at radius 3 is 1.67 bits per heavy atom. The predicted octanol–water partition coefficient (Wildman–Crippen LogP) is 4.93. The first-order chi connectivity index (χ1) is 9.34. The molecule has 0 fully saturated rings. The van der Waals surface area contributed by atoms with Crippen molar-refractivity contribution in [1.29, 1.82) is 0 Å². The Labute approximate surface area is 138 Å². The van der Waals surface area contributed by atoms with Gasteiger partial charge in [-0.3, -0.25) is 0 Å². The summed E-state index contributed by atoms with van der Waals surface area (Å²) in [6.45, 7) is 12.7. The van der Waals surface area contributed by atoms with Crippen molar-refractivity contribution < 1.29 is 5.11 Å². The average molecular weight is 326 g/mol. The van der Waals surface area contributed by atoms with Gasteiger partial charge >= 0.3 is 0 Å². The van der Waals surface area contributed by atoms with E-state index in [-0.39, 0.29) is 10.8 Å². The lowest BCUT2D eigenvalue weighted by atomic mass is 9.79. The maximum absolute atomic E-state index is 10.7. The number of benzene rings is 1. The van der Waals surface area contributed by atoms with Crippen LogP contribution in [0.1, 0.15) is 52.7 Å². The van der Waals surface area contributed by atoms with Crippen LogP contribution in [0.2, 0.25) is 0 Å². The van der Waals surface area contributed by atoms with Gasteiger partial charge in [-0.25, -0.2) is 0 Å². The number of hydrogen-bond acceptors (Lipinski definition) is 3. The summed E-state index contributed by atoms with van der Waals surface area (Å²) in [6, 6.07) is 4.12. The normalized spacial score (nSPS) is 12.4. The zero-order valence-corrected chi connectivity index (χ0v) is 16.0. The van der Waals surface area contributed by atoms with Crippen LogP contribution in [0.15, 0.2) is 17.0 Å². The quantitative estimate of drug-likeness (QED) is 0.584. The first-order valence-corrected chi connectivity index (χ1v) is 8.33. The van der Waals surface area contributed by atoms with E-state index in [9.17, 15) is 5.11 Å². The number of phenolic OH excluding ortho intramolecular Hbond substituents is 1. The monoisotopic (exact) mass is 325 g/mol. The maximum atomic E-state index is 10.7. The van der Waals surface area contributed by atoms with Gasteiger partial charge in [0.2, 0.25) is 0 Å². The number of phenols is 1. The Balaban J connectivity index is 3.44. The van der Waals surface area contributed by atoms with Crippen LogP contribution in [0, 0.1) is 0 Å². The SMILES string of the molecule is CN(C)C(=S)Sc1cc(C(C)(C)C)c(O)c(C(C)(C)C)c1. The lowest BCUT2D eigenvalue weighted by Gasteiger charge is -2.28. The Bertz CT molecular complexity index is 502. The van der Waals surface area contributed by atoms with Gasteiger partial charge in [0.25, 0.3) is 0 Å². The summed E-state index contributed by atoms with van der Waals surface area (Å²) in [6.07, 6.45) is 0. The standard InChI is InChI=1S/C17H27NOS2/c1-16(2,3)12-9-11(21-15(20)18(7)8)10-13(14(12)19)17(4,5)6/h9-10,19H,1-8H3. The van der Waals surface area contributed by atoms with E-state index in [0.717, 1.165) is 20.3 Å². The third-order valence-corrected chi connectivity index (χ3v) is 4.90. The van der Waals surface area contributed by atoms with Gasteiger partial charge in [-0.05, 0) is 23.0 Å². The zero-order chi connectivity index (χ0) is 16.6. The van der Waals surface area contributed by atoms with Crippen molar-refractivity contribution in [2.75, 3.05) is 14.1 Å². The number of aromatic hydroxyl groups is 1. The van der Waals surface area contributed by atoms with Crippen LogP contribution in [0.5, 0.6) is 5.75 Å². The summed E-state index contributed by atoms with van der Waals surface area (Å²) in [7, 11) is 3.90. The maximum Gasteiger partial charge on any atom is 0.140 e. The highest BCUT2D eigenvalue weighted by atomic mass is 32.2. The second-order valence-corrected chi connectivity index (χ2v) is 9.34. The molecule has 1 aromatic rings. The fourth-order valence-corrected chi connectivity index (χ4v) is 3.03. The molecular formula is C17H27NOS2. The molecule has 0 aromatic heterocycles. The largest absolute Gasteiger partial charge is 0.507 e. The van der Waals surface area contributed by atoms with E-state index in [1.807, 2.05) is 19.0 Å². The molecule has 1 N–H and O–H groups in total.